The maximum Gasteiger partial charge on any atom is 0.340 e. The minimum absolute atomic E-state index is 0.281. The Morgan fingerprint density at radius 1 is 1.75 bits per heavy atom. The molecular formula is C8H10N2O2. The summed E-state index contributed by atoms with van der Waals surface area (Å²) in [5.41, 5.74) is 0.359. The normalized spacial score (nSPS) is 9.50. The van der Waals surface area contributed by atoms with E-state index in [1.165, 1.54) is 0 Å². The molecule has 1 rings (SSSR count). The molecule has 1 aromatic rings. The van der Waals surface area contributed by atoms with Gasteiger partial charge in [-0.2, -0.15) is 0 Å². The molecule has 0 atom stereocenters. The fourth-order valence-corrected chi connectivity index (χ4v) is 0.620. The van der Waals surface area contributed by atoms with E-state index in [1.807, 2.05) is 0 Å². The number of imidazole rings is 1. The minimum atomic E-state index is -0.454. The van der Waals surface area contributed by atoms with Gasteiger partial charge in [0.2, 0.25) is 0 Å². The van der Waals surface area contributed by atoms with Gasteiger partial charge in [0.15, 0.2) is 0 Å². The first-order valence-electron chi connectivity index (χ1n) is 3.46. The zero-order valence-corrected chi connectivity index (χ0v) is 7.07. The van der Waals surface area contributed by atoms with Gasteiger partial charge >= 0.3 is 12.0 Å². The molecule has 0 aliphatic rings. The Bertz CT molecular complexity index is 315. The first kappa shape index (κ1) is 8.52. The Hall–Kier alpha value is -1.58. The highest BCUT2D eigenvalue weighted by molar-refractivity contribution is 5.88. The second kappa shape index (κ2) is 3.21. The number of carbonyl (C=O) groups excluding carboxylic acids is 1. The van der Waals surface area contributed by atoms with E-state index in [0.29, 0.717) is 5.57 Å². The van der Waals surface area contributed by atoms with Gasteiger partial charge in [-0.25, -0.2) is 9.78 Å². The predicted molar refractivity (Wildman–Crippen MR) is 43.7 cm³/mol. The largest absolute Gasteiger partial charge is 0.389 e. The Morgan fingerprint density at radius 3 is 2.83 bits per heavy atom. The molecule has 0 aliphatic heterocycles. The molecule has 0 bridgehead atoms. The van der Waals surface area contributed by atoms with Gasteiger partial charge in [-0.15, -0.1) is 0 Å². The molecule has 64 valence electrons. The zero-order chi connectivity index (χ0) is 9.14. The Kier molecular flexibility index (Phi) is 2.28. The van der Waals surface area contributed by atoms with E-state index in [-0.39, 0.29) is 6.01 Å². The molecule has 0 amide bonds. The van der Waals surface area contributed by atoms with E-state index < -0.39 is 5.97 Å². The van der Waals surface area contributed by atoms with E-state index in [9.17, 15) is 4.79 Å². The van der Waals surface area contributed by atoms with Gasteiger partial charge in [-0.05, 0) is 6.92 Å². The molecule has 0 saturated heterocycles. The molecule has 12 heavy (non-hydrogen) atoms. The molecule has 0 saturated carbocycles. The van der Waals surface area contributed by atoms with Crippen LogP contribution < -0.4 is 4.74 Å². The van der Waals surface area contributed by atoms with Crippen molar-refractivity contribution in [2.24, 2.45) is 7.05 Å². The number of aryl methyl sites for hydroxylation is 1. The van der Waals surface area contributed by atoms with Crippen LogP contribution in [-0.2, 0) is 11.8 Å². The van der Waals surface area contributed by atoms with Crippen molar-refractivity contribution in [1.82, 2.24) is 9.55 Å². The molecule has 0 unspecified atom stereocenters. The standard InChI is InChI=1S/C8H10N2O2/c1-6(2)7(11)12-8-9-4-5-10(8)3/h4-5H,1H2,2-3H3. The van der Waals surface area contributed by atoms with Gasteiger partial charge < -0.3 is 9.30 Å². The third kappa shape index (κ3) is 1.72. The maximum atomic E-state index is 11.0. The quantitative estimate of drug-likeness (QED) is 0.484. The number of ether oxygens (including phenoxy) is 1. The lowest BCUT2D eigenvalue weighted by Crippen LogP contribution is -2.11. The molecule has 0 radical (unpaired) electrons. The van der Waals surface area contributed by atoms with E-state index in [4.69, 9.17) is 4.74 Å². The molecule has 4 heteroatoms. The third-order valence-corrected chi connectivity index (χ3v) is 1.31. The maximum absolute atomic E-state index is 11.0. The second-order valence-electron chi connectivity index (χ2n) is 2.49. The fraction of sp³-hybridized carbons (Fsp3) is 0.250. The summed E-state index contributed by atoms with van der Waals surface area (Å²) >= 11 is 0. The van der Waals surface area contributed by atoms with E-state index in [1.54, 1.807) is 30.9 Å². The highest BCUT2D eigenvalue weighted by Gasteiger charge is 2.07. The highest BCUT2D eigenvalue weighted by atomic mass is 16.5. The van der Waals surface area contributed by atoms with Gasteiger partial charge in [0.05, 0.1) is 0 Å². The predicted octanol–water partition coefficient (Wildman–Crippen LogP) is 0.902. The topological polar surface area (TPSA) is 44.1 Å². The number of nitrogens with zero attached hydrogens (tertiary/aromatic N) is 2. The van der Waals surface area contributed by atoms with Crippen molar-refractivity contribution in [3.05, 3.63) is 24.5 Å². The average molecular weight is 166 g/mol. The summed E-state index contributed by atoms with van der Waals surface area (Å²) < 4.78 is 6.47. The van der Waals surface area contributed by atoms with Crippen molar-refractivity contribution >= 4 is 5.97 Å². The average Bonchev–Trinajstić information content (AvgIpc) is 2.36. The Balaban J connectivity index is 2.71. The van der Waals surface area contributed by atoms with Crippen LogP contribution in [0.2, 0.25) is 0 Å². The fourth-order valence-electron chi connectivity index (χ4n) is 0.620. The lowest BCUT2D eigenvalue weighted by molar-refractivity contribution is -0.130. The first-order chi connectivity index (χ1) is 5.61. The lowest BCUT2D eigenvalue weighted by Gasteiger charge is -2.01. The van der Waals surface area contributed by atoms with Crippen molar-refractivity contribution in [3.8, 4) is 6.01 Å². The number of hydrogen-bond donors (Lipinski definition) is 0. The smallest absolute Gasteiger partial charge is 0.340 e. The molecule has 0 aliphatic carbocycles. The Morgan fingerprint density at radius 2 is 2.42 bits per heavy atom. The molecule has 0 fully saturated rings. The van der Waals surface area contributed by atoms with E-state index in [0.717, 1.165) is 0 Å². The molecule has 1 aromatic heterocycles. The van der Waals surface area contributed by atoms with Gasteiger partial charge in [0.25, 0.3) is 0 Å². The van der Waals surface area contributed by atoms with Crippen LogP contribution in [0, 0.1) is 0 Å². The van der Waals surface area contributed by atoms with E-state index in [2.05, 4.69) is 11.6 Å². The van der Waals surface area contributed by atoms with Gasteiger partial charge in [-0.1, -0.05) is 6.58 Å². The van der Waals surface area contributed by atoms with Gasteiger partial charge in [0.1, 0.15) is 0 Å². The van der Waals surface area contributed by atoms with Crippen molar-refractivity contribution in [3.63, 3.8) is 0 Å². The summed E-state index contributed by atoms with van der Waals surface area (Å²) in [6.07, 6.45) is 3.25. The van der Waals surface area contributed by atoms with Crippen molar-refractivity contribution in [2.45, 2.75) is 6.92 Å². The summed E-state index contributed by atoms with van der Waals surface area (Å²) in [7, 11) is 1.74. The molecule has 0 spiro atoms. The number of hydrogen-bond acceptors (Lipinski definition) is 3. The number of rotatable bonds is 2. The molecule has 4 nitrogen and oxygen atoms in total. The molecule has 0 aromatic carbocycles. The third-order valence-electron chi connectivity index (χ3n) is 1.31. The first-order valence-corrected chi connectivity index (χ1v) is 3.46. The van der Waals surface area contributed by atoms with Crippen LogP contribution in [0.3, 0.4) is 0 Å². The van der Waals surface area contributed by atoms with Gasteiger partial charge in [-0.3, -0.25) is 0 Å². The summed E-state index contributed by atoms with van der Waals surface area (Å²) in [5, 5.41) is 0. The molecular weight excluding hydrogens is 156 g/mol. The summed E-state index contributed by atoms with van der Waals surface area (Å²) in [6.45, 7) is 5.04. The highest BCUT2D eigenvalue weighted by Crippen LogP contribution is 2.05. The van der Waals surface area contributed by atoms with Crippen LogP contribution in [-0.4, -0.2) is 15.5 Å². The van der Waals surface area contributed by atoms with Crippen molar-refractivity contribution in [2.75, 3.05) is 0 Å². The number of carbonyl (C=O) groups is 1. The number of esters is 1. The van der Waals surface area contributed by atoms with Crippen molar-refractivity contribution < 1.29 is 9.53 Å². The lowest BCUT2D eigenvalue weighted by atomic mass is 10.4. The van der Waals surface area contributed by atoms with Crippen LogP contribution in [0.4, 0.5) is 0 Å². The summed E-state index contributed by atoms with van der Waals surface area (Å²) in [6, 6.07) is 0.281. The van der Waals surface area contributed by atoms with Crippen LogP contribution in [0.25, 0.3) is 0 Å². The number of aromatic nitrogens is 2. The summed E-state index contributed by atoms with van der Waals surface area (Å²) in [4.78, 5) is 14.8. The van der Waals surface area contributed by atoms with Crippen LogP contribution in [0.5, 0.6) is 6.01 Å². The van der Waals surface area contributed by atoms with Crippen LogP contribution in [0.15, 0.2) is 24.5 Å². The molecule has 0 N–H and O–H groups in total. The van der Waals surface area contributed by atoms with E-state index >= 15 is 0 Å². The molecule has 1 heterocycles. The van der Waals surface area contributed by atoms with Crippen molar-refractivity contribution in [1.29, 1.82) is 0 Å². The van der Waals surface area contributed by atoms with Gasteiger partial charge in [0, 0.05) is 25.0 Å². The SMILES string of the molecule is C=C(C)C(=O)Oc1nccn1C. The van der Waals surface area contributed by atoms with Crippen LogP contribution >= 0.6 is 0 Å². The minimum Gasteiger partial charge on any atom is -0.389 e. The van der Waals surface area contributed by atoms with Crippen LogP contribution in [0.1, 0.15) is 6.92 Å². The zero-order valence-electron chi connectivity index (χ0n) is 7.07. The Labute approximate surface area is 70.5 Å². The summed E-state index contributed by atoms with van der Waals surface area (Å²) in [5.74, 6) is -0.454. The monoisotopic (exact) mass is 166 g/mol. The second-order valence-corrected chi connectivity index (χ2v) is 2.49.